The first-order valence-electron chi connectivity index (χ1n) is 9.74. The molecule has 4 atom stereocenters. The molecule has 1 fully saturated rings. The van der Waals surface area contributed by atoms with Gasteiger partial charge < -0.3 is 19.9 Å². The molecule has 1 aliphatic rings. The second-order valence-corrected chi connectivity index (χ2v) is 7.66. The van der Waals surface area contributed by atoms with E-state index < -0.39 is 65.9 Å². The second-order valence-electron chi connectivity index (χ2n) is 7.66. The topological polar surface area (TPSA) is 206 Å². The van der Waals surface area contributed by atoms with E-state index in [0.29, 0.717) is 5.56 Å². The molecule has 32 heavy (non-hydrogen) atoms. The maximum atomic E-state index is 12.0. The molecule has 1 aromatic heterocycles. The number of ether oxygens (including phenoxy) is 2. The minimum Gasteiger partial charge on any atom is -0.480 e. The third kappa shape index (κ3) is 6.18. The fourth-order valence-electron chi connectivity index (χ4n) is 3.18. The molecule has 1 amide bonds. The zero-order valence-corrected chi connectivity index (χ0v) is 17.7. The van der Waals surface area contributed by atoms with E-state index in [-0.39, 0.29) is 13.0 Å². The number of amides is 1. The summed E-state index contributed by atoms with van der Waals surface area (Å²) in [5.74, 6) is -4.29. The Morgan fingerprint density at radius 1 is 1.44 bits per heavy atom. The van der Waals surface area contributed by atoms with Crippen LogP contribution in [0.15, 0.2) is 20.9 Å². The molecule has 2 rings (SSSR count). The van der Waals surface area contributed by atoms with Crippen LogP contribution in [0.2, 0.25) is 0 Å². The van der Waals surface area contributed by atoms with Gasteiger partial charge in [-0.3, -0.25) is 19.1 Å². The van der Waals surface area contributed by atoms with Crippen molar-refractivity contribution >= 4 is 17.8 Å². The van der Waals surface area contributed by atoms with Crippen molar-refractivity contribution in [3.05, 3.63) is 43.0 Å². The van der Waals surface area contributed by atoms with Crippen LogP contribution in [0.4, 0.5) is 0 Å². The Balaban J connectivity index is 2.00. The van der Waals surface area contributed by atoms with Gasteiger partial charge in [0.15, 0.2) is 0 Å². The lowest BCUT2D eigenvalue weighted by Crippen LogP contribution is -2.47. The summed E-state index contributed by atoms with van der Waals surface area (Å²) < 4.78 is 11.9. The lowest BCUT2D eigenvalue weighted by Gasteiger charge is -2.18. The first-order chi connectivity index (χ1) is 15.0. The summed E-state index contributed by atoms with van der Waals surface area (Å²) in [5.41, 5.74) is 7.97. The molecule has 1 saturated heterocycles. The van der Waals surface area contributed by atoms with Crippen molar-refractivity contribution in [1.82, 2.24) is 14.9 Å². The van der Waals surface area contributed by atoms with Crippen molar-refractivity contribution in [2.75, 3.05) is 6.61 Å². The molecule has 0 radical (unpaired) electrons. The van der Waals surface area contributed by atoms with Crippen molar-refractivity contribution in [3.8, 4) is 0 Å². The zero-order valence-electron chi connectivity index (χ0n) is 17.7. The number of nitrogens with zero attached hydrogens (tertiary/aromatic N) is 4. The molecular formula is C18H24N6O8. The number of azide groups is 1. The molecule has 174 valence electrons. The van der Waals surface area contributed by atoms with Gasteiger partial charge in [0.1, 0.15) is 18.8 Å². The van der Waals surface area contributed by atoms with Crippen molar-refractivity contribution in [3.63, 3.8) is 0 Å². The van der Waals surface area contributed by atoms with Crippen molar-refractivity contribution in [2.45, 2.75) is 58.0 Å². The number of H-pyrrole nitrogens is 1. The van der Waals surface area contributed by atoms with E-state index in [0.717, 1.165) is 0 Å². The number of aromatic amines is 1. The van der Waals surface area contributed by atoms with Gasteiger partial charge in [0.2, 0.25) is 0 Å². The Bertz CT molecular complexity index is 1040. The van der Waals surface area contributed by atoms with Crippen LogP contribution in [0.5, 0.6) is 0 Å². The number of hydrogen-bond donors (Lipinski definition) is 3. The van der Waals surface area contributed by atoms with E-state index >= 15 is 0 Å². The number of carboxylic acids is 1. The number of nitrogens with one attached hydrogen (secondary N) is 2. The Morgan fingerprint density at radius 2 is 2.12 bits per heavy atom. The van der Waals surface area contributed by atoms with Crippen LogP contribution in [0.1, 0.15) is 25.8 Å². The van der Waals surface area contributed by atoms with Crippen LogP contribution < -0.4 is 16.6 Å². The van der Waals surface area contributed by atoms with Gasteiger partial charge in [-0.25, -0.2) is 14.4 Å². The third-order valence-corrected chi connectivity index (χ3v) is 4.87. The Morgan fingerprint density at radius 3 is 2.72 bits per heavy atom. The molecule has 3 N–H and O–H groups in total. The van der Waals surface area contributed by atoms with Crippen LogP contribution in [-0.4, -0.2) is 63.4 Å². The van der Waals surface area contributed by atoms with Crippen LogP contribution in [0.25, 0.3) is 10.4 Å². The number of aromatic nitrogens is 2. The second kappa shape index (κ2) is 10.6. The fourth-order valence-corrected chi connectivity index (χ4v) is 3.18. The average Bonchev–Trinajstić information content (AvgIpc) is 3.09. The quantitative estimate of drug-likeness (QED) is 0.153. The molecule has 0 aromatic carbocycles. The first kappa shape index (κ1) is 24.6. The Labute approximate surface area is 181 Å². The van der Waals surface area contributed by atoms with Crippen LogP contribution in [0.3, 0.4) is 0 Å². The minimum absolute atomic E-state index is 0.0491. The number of carboxylic acid groups (broad SMARTS) is 1. The SMILES string of the molecule is Cc1cn(C[C@H]2CC(N=[N+]=[N-])[C@@H](COC(=O)C(=O)N[C@H](C(=O)O)C(C)C)O2)c(=O)[nH]c1=O. The molecule has 0 bridgehead atoms. The summed E-state index contributed by atoms with van der Waals surface area (Å²) in [5, 5.41) is 14.8. The van der Waals surface area contributed by atoms with Crippen LogP contribution >= 0.6 is 0 Å². The molecule has 0 spiro atoms. The van der Waals surface area contributed by atoms with Gasteiger partial charge in [-0.05, 0) is 24.8 Å². The number of aliphatic carboxylic acids is 1. The highest BCUT2D eigenvalue weighted by molar-refractivity contribution is 6.32. The smallest absolute Gasteiger partial charge is 0.396 e. The van der Waals surface area contributed by atoms with E-state index in [1.807, 2.05) is 0 Å². The van der Waals surface area contributed by atoms with E-state index in [1.165, 1.54) is 17.7 Å². The highest BCUT2D eigenvalue weighted by atomic mass is 16.6. The van der Waals surface area contributed by atoms with Gasteiger partial charge in [0.25, 0.3) is 5.56 Å². The van der Waals surface area contributed by atoms with Gasteiger partial charge in [-0.15, -0.1) is 0 Å². The lowest BCUT2D eigenvalue weighted by molar-refractivity contribution is -0.159. The normalized spacial score (nSPS) is 20.9. The lowest BCUT2D eigenvalue weighted by atomic mass is 10.1. The summed E-state index contributed by atoms with van der Waals surface area (Å²) >= 11 is 0. The highest BCUT2D eigenvalue weighted by Gasteiger charge is 2.36. The van der Waals surface area contributed by atoms with Crippen molar-refractivity contribution in [1.29, 1.82) is 0 Å². The number of hydrogen-bond acceptors (Lipinski definition) is 8. The Kier molecular flexibility index (Phi) is 8.15. The molecule has 1 unspecified atom stereocenters. The molecule has 0 saturated carbocycles. The maximum absolute atomic E-state index is 12.0. The summed E-state index contributed by atoms with van der Waals surface area (Å²) in [4.78, 5) is 63.4. The van der Waals surface area contributed by atoms with Gasteiger partial charge >= 0.3 is 23.5 Å². The monoisotopic (exact) mass is 452 g/mol. The zero-order chi connectivity index (χ0) is 24.0. The van der Waals surface area contributed by atoms with Gasteiger partial charge in [-0.1, -0.05) is 19.0 Å². The predicted molar refractivity (Wildman–Crippen MR) is 108 cm³/mol. The van der Waals surface area contributed by atoms with E-state index in [4.69, 9.17) is 20.1 Å². The minimum atomic E-state index is -1.31. The number of carbonyl (C=O) groups is 3. The van der Waals surface area contributed by atoms with Crippen molar-refractivity contribution in [2.24, 2.45) is 11.0 Å². The van der Waals surface area contributed by atoms with Crippen LogP contribution in [-0.2, 0) is 30.4 Å². The van der Waals surface area contributed by atoms with Gasteiger partial charge in [-0.2, -0.15) is 0 Å². The summed E-state index contributed by atoms with van der Waals surface area (Å²) in [6.07, 6.45) is 0.103. The number of esters is 1. The summed E-state index contributed by atoms with van der Waals surface area (Å²) in [6.45, 7) is 4.29. The van der Waals surface area contributed by atoms with Crippen molar-refractivity contribution < 1.29 is 29.0 Å². The average molecular weight is 452 g/mol. The summed E-state index contributed by atoms with van der Waals surface area (Å²) in [6, 6.07) is -2.00. The fraction of sp³-hybridized carbons (Fsp3) is 0.611. The molecular weight excluding hydrogens is 428 g/mol. The first-order valence-corrected chi connectivity index (χ1v) is 9.74. The number of rotatable bonds is 8. The maximum Gasteiger partial charge on any atom is 0.396 e. The number of aryl methyl sites for hydroxylation is 1. The van der Waals surface area contributed by atoms with E-state index in [1.54, 1.807) is 13.8 Å². The molecule has 1 aliphatic heterocycles. The number of carbonyl (C=O) groups excluding carboxylic acids is 2. The standard InChI is InChI=1S/C18H24N6O8/c1-8(2)13(16(27)28)20-15(26)17(29)31-7-12-11(22-23-19)4-10(32-12)6-24-5-9(3)14(25)21-18(24)30/h5,8,10-13H,4,6-7H2,1-3H3,(H,20,26)(H,27,28)(H,21,25,30)/t10-,11?,12-,13+/m1/s1. The molecule has 14 heteroatoms. The largest absolute Gasteiger partial charge is 0.480 e. The molecule has 0 aliphatic carbocycles. The molecule has 2 heterocycles. The Hall–Kier alpha value is -3.64. The molecule has 14 nitrogen and oxygen atoms in total. The van der Waals surface area contributed by atoms with E-state index in [9.17, 15) is 24.0 Å². The summed E-state index contributed by atoms with van der Waals surface area (Å²) in [7, 11) is 0. The highest BCUT2D eigenvalue weighted by Crippen LogP contribution is 2.25. The van der Waals surface area contributed by atoms with Crippen LogP contribution in [0, 0.1) is 12.8 Å². The van der Waals surface area contributed by atoms with E-state index in [2.05, 4.69) is 20.3 Å². The van der Waals surface area contributed by atoms with Gasteiger partial charge in [0, 0.05) is 16.7 Å². The predicted octanol–water partition coefficient (Wildman–Crippen LogP) is -0.550. The third-order valence-electron chi connectivity index (χ3n) is 4.87. The van der Waals surface area contributed by atoms with Gasteiger partial charge in [0.05, 0.1) is 18.7 Å². The molecule has 1 aromatic rings.